The first kappa shape index (κ1) is 19.7. The zero-order valence-electron chi connectivity index (χ0n) is 16.2. The summed E-state index contributed by atoms with van der Waals surface area (Å²) in [6, 6.07) is 12.9. The fourth-order valence-corrected chi connectivity index (χ4v) is 4.12. The number of ether oxygens (including phenoxy) is 2. The number of amides is 1. The van der Waals surface area contributed by atoms with Crippen LogP contribution in [0.15, 0.2) is 65.7 Å². The Labute approximate surface area is 176 Å². The molecule has 152 valence electrons. The molecule has 2 aromatic carbocycles. The number of aromatic nitrogens is 1. The number of thiazole rings is 1. The Morgan fingerprint density at radius 2 is 1.80 bits per heavy atom. The number of hydrogen-bond acceptors (Lipinski definition) is 7. The molecule has 8 heteroatoms. The fraction of sp³-hybridized carbons (Fsp3) is 0.136. The molecule has 0 bridgehead atoms. The lowest BCUT2D eigenvalue weighted by atomic mass is 9.95. The molecule has 1 saturated heterocycles. The van der Waals surface area contributed by atoms with Crippen molar-refractivity contribution in [3.8, 4) is 11.5 Å². The van der Waals surface area contributed by atoms with Gasteiger partial charge in [-0.25, -0.2) is 4.98 Å². The molecule has 1 aliphatic heterocycles. The van der Waals surface area contributed by atoms with Crippen molar-refractivity contribution in [1.29, 1.82) is 0 Å². The SMILES string of the molecule is COc1ccc(C2/C(=C(\O)c3ccccc3)C(=O)C(=O)N2c2nccs2)cc1OC. The van der Waals surface area contributed by atoms with Crippen LogP contribution < -0.4 is 14.4 Å². The van der Waals surface area contributed by atoms with Crippen LogP contribution in [0.5, 0.6) is 11.5 Å². The van der Waals surface area contributed by atoms with Crippen LogP contribution in [0.2, 0.25) is 0 Å². The van der Waals surface area contributed by atoms with E-state index >= 15 is 0 Å². The molecular weight excluding hydrogens is 404 g/mol. The van der Waals surface area contributed by atoms with Crippen molar-refractivity contribution in [3.63, 3.8) is 0 Å². The number of hydrogen-bond donors (Lipinski definition) is 1. The monoisotopic (exact) mass is 422 g/mol. The van der Waals surface area contributed by atoms with E-state index in [4.69, 9.17) is 9.47 Å². The van der Waals surface area contributed by atoms with Gasteiger partial charge >= 0.3 is 5.91 Å². The lowest BCUT2D eigenvalue weighted by molar-refractivity contribution is -0.132. The molecule has 1 N–H and O–H groups in total. The quantitative estimate of drug-likeness (QED) is 0.382. The number of ketones is 1. The van der Waals surface area contributed by atoms with Crippen molar-refractivity contribution >= 4 is 33.9 Å². The normalized spacial score (nSPS) is 17.9. The van der Waals surface area contributed by atoms with Gasteiger partial charge in [-0.3, -0.25) is 14.5 Å². The van der Waals surface area contributed by atoms with Crippen molar-refractivity contribution in [2.75, 3.05) is 19.1 Å². The van der Waals surface area contributed by atoms with Gasteiger partial charge in [0.1, 0.15) is 5.76 Å². The average Bonchev–Trinajstić information content (AvgIpc) is 3.40. The maximum atomic E-state index is 13.0. The van der Waals surface area contributed by atoms with Gasteiger partial charge in [0.05, 0.1) is 25.8 Å². The summed E-state index contributed by atoms with van der Waals surface area (Å²) in [6.45, 7) is 0. The summed E-state index contributed by atoms with van der Waals surface area (Å²) < 4.78 is 10.7. The number of aliphatic hydroxyl groups is 1. The topological polar surface area (TPSA) is 89.0 Å². The summed E-state index contributed by atoms with van der Waals surface area (Å²) in [5.74, 6) is -0.809. The highest BCUT2D eigenvalue weighted by Crippen LogP contribution is 2.44. The van der Waals surface area contributed by atoms with E-state index in [1.165, 1.54) is 30.5 Å². The van der Waals surface area contributed by atoms with E-state index in [9.17, 15) is 14.7 Å². The third-order valence-electron chi connectivity index (χ3n) is 4.84. The van der Waals surface area contributed by atoms with Gasteiger partial charge in [-0.1, -0.05) is 36.4 Å². The summed E-state index contributed by atoms with van der Waals surface area (Å²) >= 11 is 1.23. The fourth-order valence-electron chi connectivity index (χ4n) is 3.45. The number of nitrogens with zero attached hydrogens (tertiary/aromatic N) is 2. The molecule has 0 spiro atoms. The second-order valence-electron chi connectivity index (χ2n) is 6.46. The maximum Gasteiger partial charge on any atom is 0.301 e. The molecule has 0 aliphatic carbocycles. The molecule has 2 heterocycles. The van der Waals surface area contributed by atoms with E-state index in [2.05, 4.69) is 4.98 Å². The van der Waals surface area contributed by atoms with Gasteiger partial charge in [-0.05, 0) is 17.7 Å². The number of rotatable bonds is 5. The molecule has 1 unspecified atom stereocenters. The molecule has 4 rings (SSSR count). The van der Waals surface area contributed by atoms with Crippen LogP contribution in [0.25, 0.3) is 5.76 Å². The van der Waals surface area contributed by atoms with Crippen LogP contribution in [-0.4, -0.2) is 36.0 Å². The van der Waals surface area contributed by atoms with E-state index in [0.29, 0.717) is 27.8 Å². The minimum absolute atomic E-state index is 0.00591. The smallest absolute Gasteiger partial charge is 0.301 e. The third kappa shape index (κ3) is 3.21. The Morgan fingerprint density at radius 3 is 2.43 bits per heavy atom. The summed E-state index contributed by atoms with van der Waals surface area (Å²) in [6.07, 6.45) is 1.56. The summed E-state index contributed by atoms with van der Waals surface area (Å²) in [4.78, 5) is 31.5. The molecule has 1 aliphatic rings. The molecule has 1 aromatic heterocycles. The van der Waals surface area contributed by atoms with E-state index in [1.807, 2.05) is 0 Å². The number of benzene rings is 2. The van der Waals surface area contributed by atoms with Gasteiger partial charge in [0.2, 0.25) is 0 Å². The molecule has 3 aromatic rings. The molecule has 0 radical (unpaired) electrons. The Morgan fingerprint density at radius 1 is 1.07 bits per heavy atom. The standard InChI is InChI=1S/C22H18N2O5S/c1-28-15-9-8-14(12-16(15)29-2)18-17(19(25)13-6-4-3-5-7-13)20(26)21(27)24(18)22-23-10-11-30-22/h3-12,18,25H,1-2H3/b19-17+. The van der Waals surface area contributed by atoms with Crippen molar-refractivity contribution in [3.05, 3.63) is 76.8 Å². The highest BCUT2D eigenvalue weighted by Gasteiger charge is 2.48. The lowest BCUT2D eigenvalue weighted by Gasteiger charge is -2.23. The molecule has 1 atom stereocenters. The number of aliphatic hydroxyl groups excluding tert-OH is 1. The third-order valence-corrected chi connectivity index (χ3v) is 5.61. The van der Waals surface area contributed by atoms with Crippen molar-refractivity contribution in [2.45, 2.75) is 6.04 Å². The molecule has 30 heavy (non-hydrogen) atoms. The van der Waals surface area contributed by atoms with Crippen LogP contribution in [0.3, 0.4) is 0 Å². The van der Waals surface area contributed by atoms with Gasteiger partial charge in [0.15, 0.2) is 16.6 Å². The lowest BCUT2D eigenvalue weighted by Crippen LogP contribution is -2.29. The number of Topliss-reactive ketones (excluding diaryl/α,β-unsaturated/α-hetero) is 1. The number of carbonyl (C=O) groups excluding carboxylic acids is 2. The zero-order chi connectivity index (χ0) is 21.3. The second kappa shape index (κ2) is 8.00. The highest BCUT2D eigenvalue weighted by atomic mass is 32.1. The van der Waals surface area contributed by atoms with Crippen LogP contribution in [0.1, 0.15) is 17.2 Å². The van der Waals surface area contributed by atoms with E-state index in [-0.39, 0.29) is 11.3 Å². The summed E-state index contributed by atoms with van der Waals surface area (Å²) in [7, 11) is 3.03. The average molecular weight is 422 g/mol. The van der Waals surface area contributed by atoms with Gasteiger partial charge in [-0.2, -0.15) is 0 Å². The van der Waals surface area contributed by atoms with E-state index < -0.39 is 17.7 Å². The minimum atomic E-state index is -0.865. The molecular formula is C22H18N2O5S. The molecule has 1 fully saturated rings. The second-order valence-corrected chi connectivity index (χ2v) is 7.34. The maximum absolute atomic E-state index is 13.0. The zero-order valence-corrected chi connectivity index (χ0v) is 17.1. The van der Waals surface area contributed by atoms with Crippen LogP contribution in [0.4, 0.5) is 5.13 Å². The predicted molar refractivity (Wildman–Crippen MR) is 113 cm³/mol. The van der Waals surface area contributed by atoms with Crippen LogP contribution >= 0.6 is 11.3 Å². The Balaban J connectivity index is 1.95. The molecule has 1 amide bonds. The highest BCUT2D eigenvalue weighted by molar-refractivity contribution is 7.14. The number of carbonyl (C=O) groups is 2. The Kier molecular flexibility index (Phi) is 5.24. The van der Waals surface area contributed by atoms with Gasteiger partial charge < -0.3 is 14.6 Å². The number of methoxy groups -OCH3 is 2. The van der Waals surface area contributed by atoms with Crippen molar-refractivity contribution < 1.29 is 24.2 Å². The van der Waals surface area contributed by atoms with Crippen molar-refractivity contribution in [1.82, 2.24) is 4.98 Å². The predicted octanol–water partition coefficient (Wildman–Crippen LogP) is 3.79. The summed E-state index contributed by atoms with van der Waals surface area (Å²) in [5, 5.41) is 13.1. The van der Waals surface area contributed by atoms with Gasteiger partial charge in [0.25, 0.3) is 5.78 Å². The minimum Gasteiger partial charge on any atom is -0.507 e. The largest absolute Gasteiger partial charge is 0.507 e. The van der Waals surface area contributed by atoms with Crippen molar-refractivity contribution in [2.24, 2.45) is 0 Å². The summed E-state index contributed by atoms with van der Waals surface area (Å²) in [5.41, 5.74) is 1.02. The van der Waals surface area contributed by atoms with Crippen LogP contribution in [0, 0.1) is 0 Å². The van der Waals surface area contributed by atoms with E-state index in [1.54, 1.807) is 60.1 Å². The van der Waals surface area contributed by atoms with Gasteiger partial charge in [0, 0.05) is 17.1 Å². The molecule has 0 saturated carbocycles. The first-order chi connectivity index (χ1) is 14.6. The Hall–Kier alpha value is -3.65. The van der Waals surface area contributed by atoms with Gasteiger partial charge in [-0.15, -0.1) is 11.3 Å². The molecule has 7 nitrogen and oxygen atoms in total. The first-order valence-electron chi connectivity index (χ1n) is 9.04. The van der Waals surface area contributed by atoms with E-state index in [0.717, 1.165) is 0 Å². The Bertz CT molecular complexity index is 1130. The first-order valence-corrected chi connectivity index (χ1v) is 9.92. The number of anilines is 1. The van der Waals surface area contributed by atoms with Crippen LogP contribution in [-0.2, 0) is 9.59 Å².